The third-order valence-corrected chi connectivity index (χ3v) is 6.82. The van der Waals surface area contributed by atoms with Crippen LogP contribution in [0.2, 0.25) is 0 Å². The normalized spacial score (nSPS) is 16.2. The number of rotatable bonds is 7. The standard InChI is InChI=1S/C19H21F4N3O3S/c1-11-3-4-13(12(20)9-11)24-16-14(25-30(29)18(5-6-18)7-8-27)10-26(2)17(28)15(16)19(21,22)23/h3-4,9-10,24-25,27H,5-8H2,1-2H3. The molecule has 0 saturated heterocycles. The Hall–Kier alpha value is -2.40. The fraction of sp³-hybridized carbons (Fsp3) is 0.421. The van der Waals surface area contributed by atoms with Gasteiger partial charge in [-0.25, -0.2) is 8.60 Å². The minimum atomic E-state index is -5.04. The molecular formula is C19H21F4N3O3S. The van der Waals surface area contributed by atoms with Gasteiger partial charge in [-0.2, -0.15) is 13.2 Å². The lowest BCUT2D eigenvalue weighted by molar-refractivity contribution is -0.138. The molecule has 1 unspecified atom stereocenters. The molecule has 2 aromatic rings. The summed E-state index contributed by atoms with van der Waals surface area (Å²) in [5, 5.41) is 11.5. The average molecular weight is 447 g/mol. The zero-order chi connectivity index (χ0) is 22.3. The second-order valence-corrected chi connectivity index (χ2v) is 8.95. The van der Waals surface area contributed by atoms with Crippen molar-refractivity contribution in [2.24, 2.45) is 7.05 Å². The fourth-order valence-corrected chi connectivity index (χ4v) is 4.46. The smallest absolute Gasteiger partial charge is 0.396 e. The highest BCUT2D eigenvalue weighted by Crippen LogP contribution is 2.46. The van der Waals surface area contributed by atoms with Gasteiger partial charge in [-0.15, -0.1) is 0 Å². The lowest BCUT2D eigenvalue weighted by Gasteiger charge is -2.22. The molecule has 1 atom stereocenters. The number of anilines is 3. The van der Waals surface area contributed by atoms with E-state index in [2.05, 4.69) is 10.0 Å². The van der Waals surface area contributed by atoms with E-state index in [9.17, 15) is 31.7 Å². The molecule has 164 valence electrons. The Kier molecular flexibility index (Phi) is 5.96. The molecule has 1 aromatic carbocycles. The highest BCUT2D eigenvalue weighted by molar-refractivity contribution is 7.88. The Balaban J connectivity index is 2.12. The van der Waals surface area contributed by atoms with Crippen molar-refractivity contribution in [1.29, 1.82) is 0 Å². The number of alkyl halides is 3. The van der Waals surface area contributed by atoms with Gasteiger partial charge in [0.2, 0.25) is 0 Å². The maximum absolute atomic E-state index is 14.3. The van der Waals surface area contributed by atoms with Crippen molar-refractivity contribution in [2.45, 2.75) is 37.1 Å². The van der Waals surface area contributed by atoms with Crippen LogP contribution in [0.5, 0.6) is 0 Å². The van der Waals surface area contributed by atoms with Crippen LogP contribution >= 0.6 is 0 Å². The Morgan fingerprint density at radius 3 is 2.47 bits per heavy atom. The molecule has 1 aliphatic rings. The summed E-state index contributed by atoms with van der Waals surface area (Å²) < 4.78 is 70.9. The third-order valence-electron chi connectivity index (χ3n) is 5.02. The van der Waals surface area contributed by atoms with Crippen molar-refractivity contribution in [3.05, 3.63) is 51.7 Å². The zero-order valence-corrected chi connectivity index (χ0v) is 17.1. The first kappa shape index (κ1) is 22.3. The molecular weight excluding hydrogens is 426 g/mol. The minimum absolute atomic E-state index is 0.214. The van der Waals surface area contributed by atoms with Crippen molar-refractivity contribution in [1.82, 2.24) is 4.57 Å². The van der Waals surface area contributed by atoms with Gasteiger partial charge in [-0.05, 0) is 43.9 Å². The van der Waals surface area contributed by atoms with Gasteiger partial charge in [-0.1, -0.05) is 6.07 Å². The van der Waals surface area contributed by atoms with Crippen molar-refractivity contribution < 1.29 is 26.9 Å². The summed E-state index contributed by atoms with van der Waals surface area (Å²) in [6, 6.07) is 3.91. The van der Waals surface area contributed by atoms with Crippen LogP contribution in [0.15, 0.2) is 29.2 Å². The minimum Gasteiger partial charge on any atom is -0.396 e. The summed E-state index contributed by atoms with van der Waals surface area (Å²) in [5.74, 6) is -0.796. The number of nitrogens with zero attached hydrogens (tertiary/aromatic N) is 1. The molecule has 3 N–H and O–H groups in total. The molecule has 30 heavy (non-hydrogen) atoms. The van der Waals surface area contributed by atoms with E-state index in [1.807, 2.05) is 0 Å². The first-order valence-electron chi connectivity index (χ1n) is 9.12. The lowest BCUT2D eigenvalue weighted by atomic mass is 10.1. The molecule has 1 aliphatic carbocycles. The molecule has 1 heterocycles. The van der Waals surface area contributed by atoms with E-state index in [0.717, 1.165) is 23.9 Å². The highest BCUT2D eigenvalue weighted by atomic mass is 32.2. The predicted molar refractivity (Wildman–Crippen MR) is 107 cm³/mol. The van der Waals surface area contributed by atoms with Crippen LogP contribution in [0.3, 0.4) is 0 Å². The van der Waals surface area contributed by atoms with Gasteiger partial charge >= 0.3 is 6.18 Å². The van der Waals surface area contributed by atoms with Gasteiger partial charge in [0.15, 0.2) is 0 Å². The fourth-order valence-electron chi connectivity index (χ4n) is 3.14. The van der Waals surface area contributed by atoms with Gasteiger partial charge in [0.1, 0.15) is 22.4 Å². The summed E-state index contributed by atoms with van der Waals surface area (Å²) >= 11 is 0. The van der Waals surface area contributed by atoms with Crippen LogP contribution in [0, 0.1) is 12.7 Å². The van der Waals surface area contributed by atoms with Crippen LogP contribution in [0.25, 0.3) is 0 Å². The SMILES string of the molecule is Cc1ccc(Nc2c(NS(=O)C3(CCO)CC3)cn(C)c(=O)c2C(F)(F)F)c(F)c1. The lowest BCUT2D eigenvalue weighted by Crippen LogP contribution is -2.31. The van der Waals surface area contributed by atoms with Crippen LogP contribution in [0.4, 0.5) is 34.6 Å². The van der Waals surface area contributed by atoms with Crippen LogP contribution < -0.4 is 15.6 Å². The number of aromatic nitrogens is 1. The predicted octanol–water partition coefficient (Wildman–Crippen LogP) is 3.59. The summed E-state index contributed by atoms with van der Waals surface area (Å²) in [6.07, 6.45) is -2.65. The summed E-state index contributed by atoms with van der Waals surface area (Å²) in [6.45, 7) is 1.41. The van der Waals surface area contributed by atoms with Gasteiger partial charge < -0.3 is 19.7 Å². The quantitative estimate of drug-likeness (QED) is 0.567. The van der Waals surface area contributed by atoms with Crippen LogP contribution in [0.1, 0.15) is 30.4 Å². The first-order chi connectivity index (χ1) is 14.0. The number of hydrogen-bond acceptors (Lipinski definition) is 4. The molecule has 6 nitrogen and oxygen atoms in total. The van der Waals surface area contributed by atoms with Gasteiger partial charge in [0, 0.05) is 19.9 Å². The molecule has 0 aliphatic heterocycles. The Morgan fingerprint density at radius 1 is 1.27 bits per heavy atom. The molecule has 1 aromatic heterocycles. The van der Waals surface area contributed by atoms with E-state index in [1.165, 1.54) is 12.1 Å². The molecule has 11 heteroatoms. The number of benzene rings is 1. The van der Waals surface area contributed by atoms with Crippen molar-refractivity contribution in [2.75, 3.05) is 16.6 Å². The summed E-state index contributed by atoms with van der Waals surface area (Å²) in [4.78, 5) is 12.3. The van der Waals surface area contributed by atoms with Gasteiger partial charge in [-0.3, -0.25) is 4.79 Å². The monoisotopic (exact) mass is 447 g/mol. The number of hydrogen-bond donors (Lipinski definition) is 3. The van der Waals surface area contributed by atoms with Crippen molar-refractivity contribution in [3.8, 4) is 0 Å². The molecule has 1 fully saturated rings. The van der Waals surface area contributed by atoms with Crippen molar-refractivity contribution >= 4 is 28.0 Å². The van der Waals surface area contributed by atoms with E-state index in [4.69, 9.17) is 0 Å². The van der Waals surface area contributed by atoms with Crippen LogP contribution in [-0.2, 0) is 24.2 Å². The number of pyridine rings is 1. The largest absolute Gasteiger partial charge is 0.423 e. The maximum Gasteiger partial charge on any atom is 0.423 e. The Labute approximate surface area is 172 Å². The van der Waals surface area contributed by atoms with E-state index in [1.54, 1.807) is 6.92 Å². The Morgan fingerprint density at radius 2 is 1.93 bits per heavy atom. The number of aliphatic hydroxyl groups is 1. The maximum atomic E-state index is 14.3. The highest BCUT2D eigenvalue weighted by Gasteiger charge is 2.49. The average Bonchev–Trinajstić information content (AvgIpc) is 3.41. The van der Waals surface area contributed by atoms with Crippen LogP contribution in [-0.4, -0.2) is 25.2 Å². The second kappa shape index (κ2) is 8.03. The third kappa shape index (κ3) is 4.36. The second-order valence-electron chi connectivity index (χ2n) is 7.34. The first-order valence-corrected chi connectivity index (χ1v) is 10.3. The topological polar surface area (TPSA) is 83.4 Å². The Bertz CT molecular complexity index is 1050. The molecule has 0 radical (unpaired) electrons. The number of nitrogens with one attached hydrogen (secondary N) is 2. The number of aryl methyl sites for hydroxylation is 2. The summed E-state index contributed by atoms with van der Waals surface area (Å²) in [7, 11) is -0.682. The molecule has 3 rings (SSSR count). The number of halogens is 4. The van der Waals surface area contributed by atoms with E-state index >= 15 is 0 Å². The van der Waals surface area contributed by atoms with E-state index in [0.29, 0.717) is 18.4 Å². The molecule has 0 amide bonds. The number of aliphatic hydroxyl groups excluding tert-OH is 1. The molecule has 0 spiro atoms. The molecule has 1 saturated carbocycles. The van der Waals surface area contributed by atoms with Gasteiger partial charge in [0.05, 0.1) is 21.8 Å². The molecule has 0 bridgehead atoms. The summed E-state index contributed by atoms with van der Waals surface area (Å²) in [5.41, 5.74) is -3.51. The zero-order valence-electron chi connectivity index (χ0n) is 16.3. The van der Waals surface area contributed by atoms with E-state index in [-0.39, 0.29) is 24.4 Å². The van der Waals surface area contributed by atoms with Gasteiger partial charge in [0.25, 0.3) is 5.56 Å². The van der Waals surface area contributed by atoms with E-state index < -0.39 is 44.5 Å². The van der Waals surface area contributed by atoms with Crippen molar-refractivity contribution in [3.63, 3.8) is 0 Å².